The molecular formula is C8H10N2O2. The number of urea groups is 1. The van der Waals surface area contributed by atoms with Gasteiger partial charge in [0.25, 0.3) is 0 Å². The van der Waals surface area contributed by atoms with Gasteiger partial charge in [-0.15, -0.1) is 0 Å². The number of hydrogen-bond donors (Lipinski definition) is 3. The van der Waals surface area contributed by atoms with Crippen LogP contribution in [0.4, 0.5) is 10.5 Å². The van der Waals surface area contributed by atoms with Crippen LogP contribution in [-0.4, -0.2) is 11.1 Å². The van der Waals surface area contributed by atoms with Crippen LogP contribution in [0.15, 0.2) is 18.2 Å². The van der Waals surface area contributed by atoms with Gasteiger partial charge in [0, 0.05) is 11.3 Å². The van der Waals surface area contributed by atoms with Crippen molar-refractivity contribution in [3.8, 4) is 5.75 Å². The summed E-state index contributed by atoms with van der Waals surface area (Å²) in [6.45, 7) is 1.70. The normalized spacial score (nSPS) is 9.42. The third-order valence-electron chi connectivity index (χ3n) is 1.56. The number of carbonyl (C=O) groups excluding carboxylic acids is 1. The number of benzene rings is 1. The molecule has 0 spiro atoms. The van der Waals surface area contributed by atoms with Gasteiger partial charge in [0.2, 0.25) is 0 Å². The van der Waals surface area contributed by atoms with E-state index in [9.17, 15) is 9.90 Å². The summed E-state index contributed by atoms with van der Waals surface area (Å²) in [6.07, 6.45) is 0. The Hall–Kier alpha value is -1.71. The SMILES string of the molecule is Cc1c(O)cccc1NC(N)=O. The molecule has 0 aliphatic carbocycles. The van der Waals surface area contributed by atoms with E-state index in [1.165, 1.54) is 0 Å². The van der Waals surface area contributed by atoms with Crippen molar-refractivity contribution >= 4 is 11.7 Å². The van der Waals surface area contributed by atoms with Crippen molar-refractivity contribution in [2.24, 2.45) is 5.73 Å². The fraction of sp³-hybridized carbons (Fsp3) is 0.125. The van der Waals surface area contributed by atoms with Crippen LogP contribution >= 0.6 is 0 Å². The molecule has 0 saturated heterocycles. The molecule has 4 N–H and O–H groups in total. The van der Waals surface area contributed by atoms with Gasteiger partial charge in [-0.3, -0.25) is 0 Å². The Kier molecular flexibility index (Phi) is 2.19. The molecule has 4 nitrogen and oxygen atoms in total. The Morgan fingerprint density at radius 3 is 2.83 bits per heavy atom. The molecule has 0 heterocycles. The molecule has 0 aliphatic rings. The van der Waals surface area contributed by atoms with Crippen molar-refractivity contribution in [2.45, 2.75) is 6.92 Å². The predicted octanol–water partition coefficient (Wildman–Crippen LogP) is 1.19. The zero-order chi connectivity index (χ0) is 9.14. The maximum atomic E-state index is 10.5. The number of anilines is 1. The predicted molar refractivity (Wildman–Crippen MR) is 46.0 cm³/mol. The standard InChI is InChI=1S/C8H10N2O2/c1-5-6(10-8(9)12)3-2-4-7(5)11/h2-4,11H,1H3,(H3,9,10,12). The van der Waals surface area contributed by atoms with Gasteiger partial charge in [-0.2, -0.15) is 0 Å². The van der Waals surface area contributed by atoms with Crippen molar-refractivity contribution in [3.05, 3.63) is 23.8 Å². The van der Waals surface area contributed by atoms with Gasteiger partial charge in [-0.1, -0.05) is 6.07 Å². The average Bonchev–Trinajstić information content (AvgIpc) is 1.98. The first kappa shape index (κ1) is 8.39. The molecule has 1 aromatic rings. The van der Waals surface area contributed by atoms with Crippen molar-refractivity contribution in [2.75, 3.05) is 5.32 Å². The highest BCUT2D eigenvalue weighted by Gasteiger charge is 2.02. The molecule has 0 aromatic heterocycles. The smallest absolute Gasteiger partial charge is 0.316 e. The molecule has 1 aromatic carbocycles. The summed E-state index contributed by atoms with van der Waals surface area (Å²) in [7, 11) is 0. The van der Waals surface area contributed by atoms with Crippen molar-refractivity contribution in [1.29, 1.82) is 0 Å². The highest BCUT2D eigenvalue weighted by Crippen LogP contribution is 2.23. The van der Waals surface area contributed by atoms with Gasteiger partial charge in [0.15, 0.2) is 0 Å². The van der Waals surface area contributed by atoms with Crippen LogP contribution in [0.5, 0.6) is 5.75 Å². The summed E-state index contributed by atoms with van der Waals surface area (Å²) in [5.74, 6) is 0.140. The summed E-state index contributed by atoms with van der Waals surface area (Å²) in [6, 6.07) is 4.21. The Morgan fingerprint density at radius 2 is 2.25 bits per heavy atom. The van der Waals surface area contributed by atoms with Crippen LogP contribution in [0, 0.1) is 6.92 Å². The second-order valence-electron chi connectivity index (χ2n) is 2.44. The molecule has 64 valence electrons. The number of nitrogens with two attached hydrogens (primary N) is 1. The summed E-state index contributed by atoms with van der Waals surface area (Å²) in [5.41, 5.74) is 6.05. The Labute approximate surface area is 70.0 Å². The molecule has 0 bridgehead atoms. The number of phenols is 1. The van der Waals surface area contributed by atoms with Crippen molar-refractivity contribution in [3.63, 3.8) is 0 Å². The Balaban J connectivity index is 3.00. The van der Waals surface area contributed by atoms with E-state index in [-0.39, 0.29) is 5.75 Å². The molecule has 12 heavy (non-hydrogen) atoms. The quantitative estimate of drug-likeness (QED) is 0.586. The highest BCUT2D eigenvalue weighted by molar-refractivity contribution is 5.89. The molecule has 0 saturated carbocycles. The second kappa shape index (κ2) is 3.13. The molecule has 0 atom stereocenters. The van der Waals surface area contributed by atoms with E-state index in [1.54, 1.807) is 25.1 Å². The zero-order valence-corrected chi connectivity index (χ0v) is 6.66. The third-order valence-corrected chi connectivity index (χ3v) is 1.56. The summed E-state index contributed by atoms with van der Waals surface area (Å²) >= 11 is 0. The van der Waals surface area contributed by atoms with Crippen LogP contribution in [-0.2, 0) is 0 Å². The van der Waals surface area contributed by atoms with Crippen molar-refractivity contribution in [1.82, 2.24) is 0 Å². The molecule has 2 amide bonds. The van der Waals surface area contributed by atoms with Crippen LogP contribution < -0.4 is 11.1 Å². The minimum Gasteiger partial charge on any atom is -0.508 e. The fourth-order valence-corrected chi connectivity index (χ4v) is 0.892. The number of carbonyl (C=O) groups is 1. The maximum absolute atomic E-state index is 10.5. The number of hydrogen-bond acceptors (Lipinski definition) is 2. The van der Waals surface area contributed by atoms with Gasteiger partial charge in [0.05, 0.1) is 0 Å². The molecule has 1 rings (SSSR count). The summed E-state index contributed by atoms with van der Waals surface area (Å²) in [5, 5.41) is 11.6. The van der Waals surface area contributed by atoms with E-state index in [0.717, 1.165) is 0 Å². The highest BCUT2D eigenvalue weighted by atomic mass is 16.3. The molecule has 0 aliphatic heterocycles. The van der Waals surface area contributed by atoms with Crippen molar-refractivity contribution < 1.29 is 9.90 Å². The molecule has 4 heteroatoms. The van der Waals surface area contributed by atoms with Crippen LogP contribution in [0.2, 0.25) is 0 Å². The number of rotatable bonds is 1. The van der Waals surface area contributed by atoms with E-state index in [2.05, 4.69) is 5.32 Å². The summed E-state index contributed by atoms with van der Waals surface area (Å²) < 4.78 is 0. The lowest BCUT2D eigenvalue weighted by atomic mass is 10.2. The fourth-order valence-electron chi connectivity index (χ4n) is 0.892. The lowest BCUT2D eigenvalue weighted by molar-refractivity contribution is 0.259. The number of aromatic hydroxyl groups is 1. The number of nitrogens with one attached hydrogen (secondary N) is 1. The lowest BCUT2D eigenvalue weighted by Gasteiger charge is -2.06. The molecule has 0 fully saturated rings. The number of amides is 2. The third kappa shape index (κ3) is 1.66. The Morgan fingerprint density at radius 1 is 1.58 bits per heavy atom. The minimum atomic E-state index is -0.635. The first-order valence-corrected chi connectivity index (χ1v) is 3.46. The van der Waals surface area contributed by atoms with E-state index in [1.807, 2.05) is 0 Å². The van der Waals surface area contributed by atoms with E-state index in [4.69, 9.17) is 5.73 Å². The monoisotopic (exact) mass is 166 g/mol. The summed E-state index contributed by atoms with van der Waals surface area (Å²) in [4.78, 5) is 10.5. The van der Waals surface area contributed by atoms with Gasteiger partial charge in [0.1, 0.15) is 5.75 Å². The zero-order valence-electron chi connectivity index (χ0n) is 6.66. The molecular weight excluding hydrogens is 156 g/mol. The van der Waals surface area contributed by atoms with E-state index < -0.39 is 6.03 Å². The minimum absolute atomic E-state index is 0.140. The van der Waals surface area contributed by atoms with Crippen LogP contribution in [0.25, 0.3) is 0 Å². The number of phenolic OH excluding ortho intramolecular Hbond substituents is 1. The van der Waals surface area contributed by atoms with E-state index in [0.29, 0.717) is 11.3 Å². The molecule has 0 unspecified atom stereocenters. The van der Waals surface area contributed by atoms with E-state index >= 15 is 0 Å². The topological polar surface area (TPSA) is 75.3 Å². The lowest BCUT2D eigenvalue weighted by Crippen LogP contribution is -2.19. The first-order valence-electron chi connectivity index (χ1n) is 3.46. The number of primary amides is 1. The van der Waals surface area contributed by atoms with Gasteiger partial charge in [-0.05, 0) is 19.1 Å². The van der Waals surface area contributed by atoms with Crippen LogP contribution in [0.3, 0.4) is 0 Å². The first-order chi connectivity index (χ1) is 5.61. The Bertz CT molecular complexity index is 310. The van der Waals surface area contributed by atoms with Crippen LogP contribution in [0.1, 0.15) is 5.56 Å². The largest absolute Gasteiger partial charge is 0.508 e. The van der Waals surface area contributed by atoms with Gasteiger partial charge >= 0.3 is 6.03 Å². The molecule has 0 radical (unpaired) electrons. The van der Waals surface area contributed by atoms with Gasteiger partial charge < -0.3 is 16.2 Å². The maximum Gasteiger partial charge on any atom is 0.316 e. The average molecular weight is 166 g/mol. The van der Waals surface area contributed by atoms with Gasteiger partial charge in [-0.25, -0.2) is 4.79 Å². The second-order valence-corrected chi connectivity index (χ2v) is 2.44.